The Kier molecular flexibility index (Phi) is 7.73. The van der Waals surface area contributed by atoms with Crippen LogP contribution in [0.5, 0.6) is 0 Å². The van der Waals surface area contributed by atoms with Crippen LogP contribution < -0.4 is 10.6 Å². The van der Waals surface area contributed by atoms with Gasteiger partial charge in [-0.05, 0) is 42.9 Å². The minimum Gasteiger partial charge on any atom is -0.340 e. The van der Waals surface area contributed by atoms with Gasteiger partial charge in [0.05, 0.1) is 11.7 Å². The van der Waals surface area contributed by atoms with Crippen molar-refractivity contribution in [1.82, 2.24) is 29.7 Å². The third-order valence-electron chi connectivity index (χ3n) is 6.33. The molecular formula is C28H30N8O. The molecule has 0 spiro atoms. The number of carbonyl (C=O) groups is 1. The molecule has 1 aliphatic rings. The molecule has 9 heteroatoms. The summed E-state index contributed by atoms with van der Waals surface area (Å²) < 4.78 is 0. The minimum absolute atomic E-state index is 0.212. The van der Waals surface area contributed by atoms with E-state index in [1.807, 2.05) is 42.6 Å². The van der Waals surface area contributed by atoms with E-state index in [1.165, 1.54) is 11.9 Å². The average molecular weight is 495 g/mol. The van der Waals surface area contributed by atoms with Crippen LogP contribution in [0.2, 0.25) is 0 Å². The molecule has 1 amide bonds. The standard InChI is InChI=1S/C28H30N8O/c1-35-13-15-36(16-14-35)12-4-6-27(37)34-26-18-24-25(19-30-26)31-20-32-28(24)33-22-9-7-21(8-10-22)17-23-5-2-3-11-29-23/h2-11,18-20H,12-17H2,1H3,(H,30,34,37)(H,31,32,33). The maximum absolute atomic E-state index is 12.5. The summed E-state index contributed by atoms with van der Waals surface area (Å²) in [6.07, 6.45) is 9.19. The van der Waals surface area contributed by atoms with E-state index in [9.17, 15) is 4.79 Å². The first kappa shape index (κ1) is 24.5. The van der Waals surface area contributed by atoms with Crippen LogP contribution in [0.4, 0.5) is 17.3 Å². The lowest BCUT2D eigenvalue weighted by Crippen LogP contribution is -2.44. The van der Waals surface area contributed by atoms with Gasteiger partial charge >= 0.3 is 0 Å². The number of pyridine rings is 2. The van der Waals surface area contributed by atoms with Crippen LogP contribution in [0.15, 0.2) is 79.4 Å². The number of nitrogens with zero attached hydrogens (tertiary/aromatic N) is 6. The quantitative estimate of drug-likeness (QED) is 0.359. The zero-order chi connectivity index (χ0) is 25.5. The minimum atomic E-state index is -0.212. The van der Waals surface area contributed by atoms with E-state index in [0.29, 0.717) is 17.2 Å². The molecule has 1 fully saturated rings. The summed E-state index contributed by atoms with van der Waals surface area (Å²) in [5.41, 5.74) is 3.79. The lowest BCUT2D eigenvalue weighted by molar-refractivity contribution is -0.111. The fourth-order valence-electron chi connectivity index (χ4n) is 4.19. The molecule has 0 atom stereocenters. The largest absolute Gasteiger partial charge is 0.340 e. The Morgan fingerprint density at radius 2 is 1.84 bits per heavy atom. The van der Waals surface area contributed by atoms with Crippen molar-refractivity contribution in [2.45, 2.75) is 6.42 Å². The van der Waals surface area contributed by atoms with Crippen LogP contribution in [0, 0.1) is 0 Å². The van der Waals surface area contributed by atoms with Crippen molar-refractivity contribution in [2.75, 3.05) is 50.4 Å². The van der Waals surface area contributed by atoms with E-state index in [0.717, 1.165) is 55.9 Å². The van der Waals surface area contributed by atoms with Crippen molar-refractivity contribution in [3.63, 3.8) is 0 Å². The highest BCUT2D eigenvalue weighted by molar-refractivity contribution is 6.00. The Bertz CT molecular complexity index is 1370. The Balaban J connectivity index is 1.23. The third kappa shape index (κ3) is 6.72. The number of fused-ring (bicyclic) bond motifs is 1. The number of aromatic nitrogens is 4. The maximum atomic E-state index is 12.5. The molecule has 2 N–H and O–H groups in total. The zero-order valence-corrected chi connectivity index (χ0v) is 20.8. The molecule has 188 valence electrons. The van der Waals surface area contributed by atoms with Gasteiger partial charge in [0.15, 0.2) is 0 Å². The van der Waals surface area contributed by atoms with Gasteiger partial charge in [-0.1, -0.05) is 24.3 Å². The molecule has 37 heavy (non-hydrogen) atoms. The van der Waals surface area contributed by atoms with Crippen molar-refractivity contribution in [3.8, 4) is 0 Å². The molecule has 4 heterocycles. The molecule has 1 aliphatic heterocycles. The number of amides is 1. The van der Waals surface area contributed by atoms with Gasteiger partial charge in [-0.2, -0.15) is 0 Å². The normalized spacial score (nSPS) is 14.7. The number of carbonyl (C=O) groups excluding carboxylic acids is 1. The maximum Gasteiger partial charge on any atom is 0.249 e. The Labute approximate surface area is 216 Å². The van der Waals surface area contributed by atoms with Crippen LogP contribution >= 0.6 is 0 Å². The Hall–Kier alpha value is -4.21. The zero-order valence-electron chi connectivity index (χ0n) is 20.8. The van der Waals surface area contributed by atoms with Crippen LogP contribution in [-0.4, -0.2) is 75.4 Å². The van der Waals surface area contributed by atoms with E-state index >= 15 is 0 Å². The summed E-state index contributed by atoms with van der Waals surface area (Å²) in [5, 5.41) is 6.98. The van der Waals surface area contributed by atoms with Gasteiger partial charge < -0.3 is 15.5 Å². The third-order valence-corrected chi connectivity index (χ3v) is 6.33. The first-order valence-electron chi connectivity index (χ1n) is 12.4. The van der Waals surface area contributed by atoms with E-state index in [-0.39, 0.29) is 5.91 Å². The fourth-order valence-corrected chi connectivity index (χ4v) is 4.19. The number of nitrogens with one attached hydrogen (secondary N) is 2. The van der Waals surface area contributed by atoms with Crippen molar-refractivity contribution >= 4 is 34.1 Å². The summed E-state index contributed by atoms with van der Waals surface area (Å²) in [6.45, 7) is 4.88. The molecule has 0 saturated carbocycles. The molecular weight excluding hydrogens is 464 g/mol. The monoisotopic (exact) mass is 494 g/mol. The van der Waals surface area contributed by atoms with Gasteiger partial charge in [-0.3, -0.25) is 14.7 Å². The number of hydrogen-bond acceptors (Lipinski definition) is 8. The van der Waals surface area contributed by atoms with E-state index < -0.39 is 0 Å². The lowest BCUT2D eigenvalue weighted by Gasteiger charge is -2.31. The first-order valence-corrected chi connectivity index (χ1v) is 12.4. The van der Waals surface area contributed by atoms with E-state index in [2.05, 4.69) is 59.5 Å². The van der Waals surface area contributed by atoms with Gasteiger partial charge in [0, 0.05) is 68.2 Å². The summed E-state index contributed by atoms with van der Waals surface area (Å²) in [4.78, 5) is 34.6. The van der Waals surface area contributed by atoms with E-state index in [4.69, 9.17) is 0 Å². The van der Waals surface area contributed by atoms with Crippen LogP contribution in [0.1, 0.15) is 11.3 Å². The highest BCUT2D eigenvalue weighted by atomic mass is 16.1. The second kappa shape index (κ2) is 11.7. The van der Waals surface area contributed by atoms with Gasteiger partial charge in [0.1, 0.15) is 18.0 Å². The average Bonchev–Trinajstić information content (AvgIpc) is 2.92. The van der Waals surface area contributed by atoms with E-state index in [1.54, 1.807) is 18.3 Å². The number of benzene rings is 1. The number of likely N-dealkylation sites (N-methyl/N-ethyl adjacent to an activating group) is 1. The highest BCUT2D eigenvalue weighted by Gasteiger charge is 2.12. The summed E-state index contributed by atoms with van der Waals surface area (Å²) in [6, 6.07) is 15.9. The molecule has 3 aromatic heterocycles. The Morgan fingerprint density at radius 3 is 2.62 bits per heavy atom. The molecule has 9 nitrogen and oxygen atoms in total. The summed E-state index contributed by atoms with van der Waals surface area (Å²) >= 11 is 0. The molecule has 0 unspecified atom stereocenters. The first-order chi connectivity index (χ1) is 18.1. The number of rotatable bonds is 8. The van der Waals surface area contributed by atoms with Crippen molar-refractivity contribution < 1.29 is 4.79 Å². The van der Waals surface area contributed by atoms with Gasteiger partial charge in [0.2, 0.25) is 5.91 Å². The molecule has 1 aromatic carbocycles. The summed E-state index contributed by atoms with van der Waals surface area (Å²) in [7, 11) is 2.13. The van der Waals surface area contributed by atoms with Crippen LogP contribution in [-0.2, 0) is 11.2 Å². The molecule has 4 aromatic rings. The second-order valence-corrected chi connectivity index (χ2v) is 9.12. The van der Waals surface area contributed by atoms with Gasteiger partial charge in [-0.25, -0.2) is 15.0 Å². The van der Waals surface area contributed by atoms with Crippen molar-refractivity contribution in [3.05, 3.63) is 90.7 Å². The number of hydrogen-bond donors (Lipinski definition) is 2. The van der Waals surface area contributed by atoms with Crippen LogP contribution in [0.25, 0.3) is 10.9 Å². The highest BCUT2D eigenvalue weighted by Crippen LogP contribution is 2.25. The molecule has 0 radical (unpaired) electrons. The molecule has 0 aliphatic carbocycles. The van der Waals surface area contributed by atoms with Gasteiger partial charge in [-0.15, -0.1) is 0 Å². The topological polar surface area (TPSA) is 99.2 Å². The Morgan fingerprint density at radius 1 is 1.00 bits per heavy atom. The predicted octanol–water partition coefficient (Wildman–Crippen LogP) is 3.50. The predicted molar refractivity (Wildman–Crippen MR) is 146 cm³/mol. The smallest absolute Gasteiger partial charge is 0.249 e. The lowest BCUT2D eigenvalue weighted by atomic mass is 10.1. The second-order valence-electron chi connectivity index (χ2n) is 9.12. The van der Waals surface area contributed by atoms with Crippen molar-refractivity contribution in [1.29, 1.82) is 0 Å². The number of anilines is 3. The van der Waals surface area contributed by atoms with Crippen LogP contribution in [0.3, 0.4) is 0 Å². The molecule has 5 rings (SSSR count). The van der Waals surface area contributed by atoms with Crippen molar-refractivity contribution in [2.24, 2.45) is 0 Å². The molecule has 0 bridgehead atoms. The number of piperazine rings is 1. The molecule has 1 saturated heterocycles. The summed E-state index contributed by atoms with van der Waals surface area (Å²) in [5.74, 6) is 0.882. The van der Waals surface area contributed by atoms with Gasteiger partial charge in [0.25, 0.3) is 0 Å². The SMILES string of the molecule is CN1CCN(CC=CC(=O)Nc2cc3c(Nc4ccc(Cc5ccccn5)cc4)ncnc3cn2)CC1. The fraction of sp³-hybridized carbons (Fsp3) is 0.250.